The van der Waals surface area contributed by atoms with Gasteiger partial charge < -0.3 is 15.2 Å². The van der Waals surface area contributed by atoms with Crippen molar-refractivity contribution in [2.75, 3.05) is 6.61 Å². The molecule has 5 heteroatoms. The Hall–Kier alpha value is -0.840. The van der Waals surface area contributed by atoms with Gasteiger partial charge in [-0.2, -0.15) is 0 Å². The van der Waals surface area contributed by atoms with E-state index in [0.717, 1.165) is 12.8 Å². The lowest BCUT2D eigenvalue weighted by Gasteiger charge is -2.41. The first-order valence-electron chi connectivity index (χ1n) is 6.10. The number of hydrogen-bond acceptors (Lipinski definition) is 3. The van der Waals surface area contributed by atoms with E-state index in [-0.39, 0.29) is 23.3 Å². The van der Waals surface area contributed by atoms with Crippen molar-refractivity contribution in [1.82, 2.24) is 0 Å². The Bertz CT molecular complexity index is 416. The van der Waals surface area contributed by atoms with Crippen molar-refractivity contribution in [2.24, 2.45) is 5.73 Å². The topological polar surface area (TPSA) is 44.5 Å². The maximum absolute atomic E-state index is 13.3. The van der Waals surface area contributed by atoms with Crippen LogP contribution < -0.4 is 10.5 Å². The van der Waals surface area contributed by atoms with Crippen molar-refractivity contribution in [3.63, 3.8) is 0 Å². The molecule has 0 radical (unpaired) electrons. The summed E-state index contributed by atoms with van der Waals surface area (Å²) in [4.78, 5) is 0. The molecular formula is C13H17ClFNO2. The van der Waals surface area contributed by atoms with Gasteiger partial charge in [0.05, 0.1) is 5.02 Å². The van der Waals surface area contributed by atoms with Gasteiger partial charge in [-0.15, -0.1) is 0 Å². The number of nitrogens with two attached hydrogens (primary N) is 1. The molecule has 1 saturated carbocycles. The lowest BCUT2D eigenvalue weighted by Crippen LogP contribution is -2.59. The van der Waals surface area contributed by atoms with Crippen molar-refractivity contribution in [3.8, 4) is 5.75 Å². The molecule has 1 aliphatic carbocycles. The van der Waals surface area contributed by atoms with E-state index >= 15 is 0 Å². The maximum atomic E-state index is 13.3. The lowest BCUT2D eigenvalue weighted by molar-refractivity contribution is -0.0980. The van der Waals surface area contributed by atoms with Crippen LogP contribution in [0.3, 0.4) is 0 Å². The van der Waals surface area contributed by atoms with Crippen LogP contribution in [0.15, 0.2) is 18.2 Å². The molecule has 0 aliphatic heterocycles. The van der Waals surface area contributed by atoms with E-state index in [9.17, 15) is 4.39 Å². The summed E-state index contributed by atoms with van der Waals surface area (Å²) in [7, 11) is 0. The van der Waals surface area contributed by atoms with Crippen molar-refractivity contribution in [1.29, 1.82) is 0 Å². The second-order valence-corrected chi connectivity index (χ2v) is 4.87. The van der Waals surface area contributed by atoms with Gasteiger partial charge in [0.25, 0.3) is 0 Å². The van der Waals surface area contributed by atoms with E-state index in [0.29, 0.717) is 12.4 Å². The minimum absolute atomic E-state index is 0.00121. The Morgan fingerprint density at radius 1 is 1.50 bits per heavy atom. The van der Waals surface area contributed by atoms with Gasteiger partial charge in [0.15, 0.2) is 0 Å². The third-order valence-corrected chi connectivity index (χ3v) is 3.29. The van der Waals surface area contributed by atoms with Crippen molar-refractivity contribution >= 4 is 11.6 Å². The summed E-state index contributed by atoms with van der Waals surface area (Å²) in [6.07, 6.45) is 1.44. The molecule has 100 valence electrons. The Morgan fingerprint density at radius 2 is 2.28 bits per heavy atom. The Balaban J connectivity index is 1.94. The first-order chi connectivity index (χ1) is 8.61. The number of rotatable bonds is 5. The molecule has 1 aromatic rings. The molecule has 1 aromatic carbocycles. The molecule has 0 aromatic heterocycles. The van der Waals surface area contributed by atoms with Crippen LogP contribution in [0, 0.1) is 5.82 Å². The standard InChI is InChI=1S/C13H17ClFNO2/c1-2-5-17-13-11(16)7-12(13)18-8-3-4-9(14)10(15)6-8/h3-4,6,11-13H,2,5,7,16H2,1H3. The third-order valence-electron chi connectivity index (χ3n) is 2.99. The number of ether oxygens (including phenoxy) is 2. The van der Waals surface area contributed by atoms with E-state index in [1.807, 2.05) is 6.92 Å². The van der Waals surface area contributed by atoms with E-state index in [2.05, 4.69) is 0 Å². The summed E-state index contributed by atoms with van der Waals surface area (Å²) in [5.74, 6) is -0.0253. The third kappa shape index (κ3) is 2.94. The first-order valence-corrected chi connectivity index (χ1v) is 6.48. The molecule has 3 atom stereocenters. The molecule has 1 aliphatic rings. The number of hydrogen-bond donors (Lipinski definition) is 1. The average Bonchev–Trinajstić information content (AvgIpc) is 2.33. The van der Waals surface area contributed by atoms with Crippen LogP contribution >= 0.6 is 11.6 Å². The van der Waals surface area contributed by atoms with Gasteiger partial charge in [0, 0.05) is 25.1 Å². The maximum Gasteiger partial charge on any atom is 0.145 e. The molecule has 0 spiro atoms. The summed E-state index contributed by atoms with van der Waals surface area (Å²) in [5.41, 5.74) is 5.86. The lowest BCUT2D eigenvalue weighted by atomic mass is 9.86. The van der Waals surface area contributed by atoms with Crippen LogP contribution in [0.1, 0.15) is 19.8 Å². The quantitative estimate of drug-likeness (QED) is 0.897. The van der Waals surface area contributed by atoms with E-state index in [1.54, 1.807) is 6.07 Å². The van der Waals surface area contributed by atoms with Crippen LogP contribution in [0.2, 0.25) is 5.02 Å². The molecule has 0 bridgehead atoms. The molecule has 0 heterocycles. The smallest absolute Gasteiger partial charge is 0.145 e. The largest absolute Gasteiger partial charge is 0.487 e. The van der Waals surface area contributed by atoms with E-state index in [4.69, 9.17) is 26.8 Å². The molecule has 3 unspecified atom stereocenters. The van der Waals surface area contributed by atoms with Crippen LogP contribution in [-0.4, -0.2) is 24.9 Å². The summed E-state index contributed by atoms with van der Waals surface area (Å²) >= 11 is 5.61. The molecule has 3 nitrogen and oxygen atoms in total. The zero-order chi connectivity index (χ0) is 13.1. The monoisotopic (exact) mass is 273 g/mol. The average molecular weight is 274 g/mol. The first kappa shape index (κ1) is 13.6. The van der Waals surface area contributed by atoms with Gasteiger partial charge in [-0.05, 0) is 18.6 Å². The highest BCUT2D eigenvalue weighted by Crippen LogP contribution is 2.29. The Labute approximate surface area is 111 Å². The minimum Gasteiger partial charge on any atom is -0.487 e. The summed E-state index contributed by atoms with van der Waals surface area (Å²) in [5, 5.41) is 0.0893. The highest BCUT2D eigenvalue weighted by molar-refractivity contribution is 6.30. The zero-order valence-electron chi connectivity index (χ0n) is 10.2. The van der Waals surface area contributed by atoms with Gasteiger partial charge >= 0.3 is 0 Å². The summed E-state index contributed by atoms with van der Waals surface area (Å²) in [6.45, 7) is 2.70. The fraction of sp³-hybridized carbons (Fsp3) is 0.538. The highest BCUT2D eigenvalue weighted by atomic mass is 35.5. The SMILES string of the molecule is CCCOC1C(N)CC1Oc1ccc(Cl)c(F)c1. The van der Waals surface area contributed by atoms with E-state index < -0.39 is 5.82 Å². The van der Waals surface area contributed by atoms with E-state index in [1.165, 1.54) is 12.1 Å². The summed E-state index contributed by atoms with van der Waals surface area (Å²) in [6, 6.07) is 4.40. The molecule has 2 N–H and O–H groups in total. The Kier molecular flexibility index (Phi) is 4.43. The fourth-order valence-electron chi connectivity index (χ4n) is 1.94. The van der Waals surface area contributed by atoms with Gasteiger partial charge in [-0.1, -0.05) is 18.5 Å². The second-order valence-electron chi connectivity index (χ2n) is 4.47. The number of halogens is 2. The molecule has 2 rings (SSSR count). The predicted molar refractivity (Wildman–Crippen MR) is 68.4 cm³/mol. The second kappa shape index (κ2) is 5.87. The number of benzene rings is 1. The summed E-state index contributed by atoms with van der Waals surface area (Å²) < 4.78 is 24.5. The zero-order valence-corrected chi connectivity index (χ0v) is 11.0. The highest BCUT2D eigenvalue weighted by Gasteiger charge is 2.41. The van der Waals surface area contributed by atoms with Gasteiger partial charge in [0.1, 0.15) is 23.8 Å². The normalized spacial score (nSPS) is 26.8. The predicted octanol–water partition coefficient (Wildman–Crippen LogP) is 2.75. The minimum atomic E-state index is -0.483. The van der Waals surface area contributed by atoms with Gasteiger partial charge in [0.2, 0.25) is 0 Å². The molecule has 0 amide bonds. The van der Waals surface area contributed by atoms with Crippen LogP contribution in [0.4, 0.5) is 4.39 Å². The van der Waals surface area contributed by atoms with Gasteiger partial charge in [-0.3, -0.25) is 0 Å². The van der Waals surface area contributed by atoms with Gasteiger partial charge in [-0.25, -0.2) is 4.39 Å². The van der Waals surface area contributed by atoms with Crippen LogP contribution in [0.5, 0.6) is 5.75 Å². The fourth-order valence-corrected chi connectivity index (χ4v) is 2.06. The van der Waals surface area contributed by atoms with Crippen molar-refractivity contribution in [2.45, 2.75) is 38.0 Å². The molecule has 18 heavy (non-hydrogen) atoms. The van der Waals surface area contributed by atoms with Crippen molar-refractivity contribution < 1.29 is 13.9 Å². The Morgan fingerprint density at radius 3 is 2.89 bits per heavy atom. The molecule has 1 fully saturated rings. The molecule has 0 saturated heterocycles. The van der Waals surface area contributed by atoms with Crippen LogP contribution in [-0.2, 0) is 4.74 Å². The van der Waals surface area contributed by atoms with Crippen LogP contribution in [0.25, 0.3) is 0 Å². The molecular weight excluding hydrogens is 257 g/mol. The van der Waals surface area contributed by atoms with Crippen molar-refractivity contribution in [3.05, 3.63) is 29.0 Å².